The first-order valence-corrected chi connectivity index (χ1v) is 12.5. The summed E-state index contributed by atoms with van der Waals surface area (Å²) in [6, 6.07) is 16.3. The number of ether oxygens (including phenoxy) is 1. The Morgan fingerprint density at radius 1 is 1.09 bits per heavy atom. The number of carbonyl (C=O) groups excluding carboxylic acids is 3. The summed E-state index contributed by atoms with van der Waals surface area (Å²) in [5.41, 5.74) is 2.72. The van der Waals surface area contributed by atoms with Crippen molar-refractivity contribution in [2.24, 2.45) is 0 Å². The molecule has 3 aromatic carbocycles. The number of phenolic OH excluding ortho intramolecular Hbond substituents is 1. The summed E-state index contributed by atoms with van der Waals surface area (Å²) < 4.78 is 7.81. The van der Waals surface area contributed by atoms with Crippen LogP contribution in [0.1, 0.15) is 23.6 Å². The number of anilines is 1. The maximum absolute atomic E-state index is 13.2. The fourth-order valence-electron chi connectivity index (χ4n) is 3.66. The minimum Gasteiger partial charge on any atom is -0.508 e. The molecule has 4 rings (SSSR count). The number of urea groups is 1. The zero-order valence-electron chi connectivity index (χ0n) is 18.5. The maximum atomic E-state index is 13.2. The molecule has 4 amide bonds. The molecule has 178 valence electrons. The third-order valence-corrected chi connectivity index (χ3v) is 7.06. The molecule has 1 heterocycles. The topological polar surface area (TPSA) is 95.9 Å². The van der Waals surface area contributed by atoms with Crippen LogP contribution in [0.2, 0.25) is 0 Å². The quantitative estimate of drug-likeness (QED) is 0.212. The molecule has 1 saturated heterocycles. The van der Waals surface area contributed by atoms with E-state index in [9.17, 15) is 19.5 Å². The molecule has 0 atom stereocenters. The van der Waals surface area contributed by atoms with Gasteiger partial charge in [0.15, 0.2) is 0 Å². The lowest BCUT2D eigenvalue weighted by Gasteiger charge is -2.26. The average molecular weight is 647 g/mol. The SMILES string of the molecule is CCOc1cc(/C=C2\C(=O)NC(=O)N(c3ccc(O)cc3)C2=O)cc(I)c1Cc1ccccc1Br. The van der Waals surface area contributed by atoms with E-state index in [-0.39, 0.29) is 17.0 Å². The van der Waals surface area contributed by atoms with Crippen molar-refractivity contribution in [1.29, 1.82) is 0 Å². The summed E-state index contributed by atoms with van der Waals surface area (Å²) in [6.07, 6.45) is 2.08. The summed E-state index contributed by atoms with van der Waals surface area (Å²) in [6.45, 7) is 2.33. The molecule has 0 radical (unpaired) electrons. The molecule has 7 nitrogen and oxygen atoms in total. The van der Waals surface area contributed by atoms with Crippen LogP contribution < -0.4 is 15.0 Å². The van der Waals surface area contributed by atoms with Gasteiger partial charge in [0, 0.05) is 20.0 Å². The normalized spacial score (nSPS) is 14.9. The van der Waals surface area contributed by atoms with Crippen molar-refractivity contribution >= 4 is 68.1 Å². The highest BCUT2D eigenvalue weighted by Gasteiger charge is 2.36. The smallest absolute Gasteiger partial charge is 0.335 e. The first kappa shape index (κ1) is 24.9. The highest BCUT2D eigenvalue weighted by atomic mass is 127. The van der Waals surface area contributed by atoms with Crippen molar-refractivity contribution in [3.8, 4) is 11.5 Å². The van der Waals surface area contributed by atoms with Gasteiger partial charge in [-0.2, -0.15) is 0 Å². The van der Waals surface area contributed by atoms with Gasteiger partial charge in [-0.1, -0.05) is 34.1 Å². The monoisotopic (exact) mass is 646 g/mol. The van der Waals surface area contributed by atoms with Crippen LogP contribution in [-0.4, -0.2) is 29.6 Å². The lowest BCUT2D eigenvalue weighted by atomic mass is 10.0. The number of benzene rings is 3. The molecule has 0 unspecified atom stereocenters. The van der Waals surface area contributed by atoms with Crippen molar-refractivity contribution in [2.45, 2.75) is 13.3 Å². The number of rotatable bonds is 6. The molecule has 3 aromatic rings. The van der Waals surface area contributed by atoms with Gasteiger partial charge < -0.3 is 9.84 Å². The predicted molar refractivity (Wildman–Crippen MR) is 144 cm³/mol. The fourth-order valence-corrected chi connectivity index (χ4v) is 4.90. The minimum absolute atomic E-state index is 0.00823. The molecular weight excluding hydrogens is 627 g/mol. The zero-order valence-corrected chi connectivity index (χ0v) is 22.3. The number of imide groups is 2. The van der Waals surface area contributed by atoms with Crippen LogP contribution >= 0.6 is 38.5 Å². The van der Waals surface area contributed by atoms with E-state index in [1.165, 1.54) is 30.3 Å². The molecule has 1 fully saturated rings. The van der Waals surface area contributed by atoms with Gasteiger partial charge in [0.05, 0.1) is 12.3 Å². The number of aromatic hydroxyl groups is 1. The summed E-state index contributed by atoms with van der Waals surface area (Å²) in [7, 11) is 0. The summed E-state index contributed by atoms with van der Waals surface area (Å²) in [5.74, 6) is -0.891. The van der Waals surface area contributed by atoms with Crippen LogP contribution in [0, 0.1) is 3.57 Å². The van der Waals surface area contributed by atoms with E-state index in [0.717, 1.165) is 24.1 Å². The maximum Gasteiger partial charge on any atom is 0.335 e. The minimum atomic E-state index is -0.851. The highest BCUT2D eigenvalue weighted by Crippen LogP contribution is 2.32. The Hall–Kier alpha value is -3.18. The van der Waals surface area contributed by atoms with E-state index in [1.54, 1.807) is 6.07 Å². The van der Waals surface area contributed by atoms with Gasteiger partial charge >= 0.3 is 6.03 Å². The standard InChI is InChI=1S/C26H20BrIN2O5/c1-2-35-23-13-15(12-22(28)19(23)14-16-5-3-4-6-21(16)27)11-20-24(32)29-26(34)30(25(20)33)17-7-9-18(31)10-8-17/h3-13,31H,2,14H2,1H3,(H,29,32,34)/b20-11+. The van der Waals surface area contributed by atoms with Crippen molar-refractivity contribution in [2.75, 3.05) is 11.5 Å². The van der Waals surface area contributed by atoms with Gasteiger partial charge in [-0.05, 0) is 89.2 Å². The Morgan fingerprint density at radius 3 is 2.49 bits per heavy atom. The van der Waals surface area contributed by atoms with Crippen molar-refractivity contribution in [3.63, 3.8) is 0 Å². The Kier molecular flexibility index (Phi) is 7.56. The zero-order chi connectivity index (χ0) is 25.1. The second-order valence-corrected chi connectivity index (χ2v) is 9.67. The van der Waals surface area contributed by atoms with Crippen LogP contribution in [0.3, 0.4) is 0 Å². The van der Waals surface area contributed by atoms with Gasteiger partial charge in [-0.3, -0.25) is 14.9 Å². The highest BCUT2D eigenvalue weighted by molar-refractivity contribution is 14.1. The first-order valence-electron chi connectivity index (χ1n) is 10.7. The van der Waals surface area contributed by atoms with Crippen LogP contribution in [0.5, 0.6) is 11.5 Å². The Balaban J connectivity index is 1.72. The number of nitrogens with one attached hydrogen (secondary N) is 1. The summed E-state index contributed by atoms with van der Waals surface area (Å²) in [5, 5.41) is 11.7. The average Bonchev–Trinajstić information content (AvgIpc) is 2.81. The van der Waals surface area contributed by atoms with Crippen LogP contribution in [-0.2, 0) is 16.0 Å². The first-order chi connectivity index (χ1) is 16.8. The van der Waals surface area contributed by atoms with Gasteiger partial charge in [0.2, 0.25) is 0 Å². The van der Waals surface area contributed by atoms with Crippen LogP contribution in [0.25, 0.3) is 6.08 Å². The molecule has 0 bridgehead atoms. The lowest BCUT2D eigenvalue weighted by Crippen LogP contribution is -2.54. The third kappa shape index (κ3) is 5.40. The van der Waals surface area contributed by atoms with E-state index in [0.29, 0.717) is 24.3 Å². The van der Waals surface area contributed by atoms with Crippen molar-refractivity contribution in [3.05, 3.63) is 91.0 Å². The van der Waals surface area contributed by atoms with E-state index >= 15 is 0 Å². The fraction of sp³-hybridized carbons (Fsp3) is 0.115. The van der Waals surface area contributed by atoms with E-state index in [4.69, 9.17) is 4.74 Å². The number of phenols is 1. The van der Waals surface area contributed by atoms with Gasteiger partial charge in [-0.15, -0.1) is 0 Å². The second-order valence-electron chi connectivity index (χ2n) is 7.65. The van der Waals surface area contributed by atoms with Gasteiger partial charge in [0.25, 0.3) is 11.8 Å². The van der Waals surface area contributed by atoms with Gasteiger partial charge in [0.1, 0.15) is 17.1 Å². The molecule has 0 aliphatic carbocycles. The second kappa shape index (κ2) is 10.6. The molecule has 35 heavy (non-hydrogen) atoms. The van der Waals surface area contributed by atoms with E-state index in [1.807, 2.05) is 37.3 Å². The Morgan fingerprint density at radius 2 is 1.80 bits per heavy atom. The Bertz CT molecular complexity index is 1350. The summed E-state index contributed by atoms with van der Waals surface area (Å²) >= 11 is 5.80. The number of halogens is 2. The van der Waals surface area contributed by atoms with Crippen LogP contribution in [0.15, 0.2) is 70.7 Å². The molecule has 0 spiro atoms. The molecule has 0 saturated carbocycles. The number of barbiturate groups is 1. The van der Waals surface area contributed by atoms with Crippen molar-refractivity contribution in [1.82, 2.24) is 5.32 Å². The number of hydrogen-bond acceptors (Lipinski definition) is 5. The number of nitrogens with zero attached hydrogens (tertiary/aromatic N) is 1. The predicted octanol–water partition coefficient (Wildman–Crippen LogP) is 5.42. The molecular formula is C26H20BrIN2O5. The molecule has 1 aliphatic heterocycles. The van der Waals surface area contributed by atoms with E-state index < -0.39 is 17.8 Å². The number of carbonyl (C=O) groups is 3. The van der Waals surface area contributed by atoms with Crippen LogP contribution in [0.4, 0.5) is 10.5 Å². The number of amides is 4. The Labute approximate surface area is 224 Å². The van der Waals surface area contributed by atoms with E-state index in [2.05, 4.69) is 43.8 Å². The third-order valence-electron chi connectivity index (χ3n) is 5.32. The molecule has 0 aromatic heterocycles. The lowest BCUT2D eigenvalue weighted by molar-refractivity contribution is -0.122. The molecule has 1 aliphatic rings. The largest absolute Gasteiger partial charge is 0.508 e. The molecule has 2 N–H and O–H groups in total. The molecule has 9 heteroatoms. The summed E-state index contributed by atoms with van der Waals surface area (Å²) in [4.78, 5) is 39.0. The van der Waals surface area contributed by atoms with Crippen molar-refractivity contribution < 1.29 is 24.2 Å². The van der Waals surface area contributed by atoms with Gasteiger partial charge in [-0.25, -0.2) is 9.69 Å². The number of hydrogen-bond donors (Lipinski definition) is 2.